The smallest absolute Gasteiger partial charge is 0.383 e. The first-order valence-electron chi connectivity index (χ1n) is 5.06. The van der Waals surface area contributed by atoms with Gasteiger partial charge >= 0.3 is 6.18 Å². The molecular weight excluding hydrogens is 231 g/mol. The van der Waals surface area contributed by atoms with Crippen LogP contribution < -0.4 is 0 Å². The third kappa shape index (κ3) is 2.74. The minimum atomic E-state index is -4.60. The standard InChI is InChI=1S/C12H10F3NO/c13-12(14,15)11(17)7-9-6-5-8-3-1-2-4-10(8)16-9/h1-6,11,17H,7H2/t11-/m0/s1. The van der Waals surface area contributed by atoms with Gasteiger partial charge in [-0.1, -0.05) is 24.3 Å². The van der Waals surface area contributed by atoms with Crippen LogP contribution in [-0.2, 0) is 6.42 Å². The molecule has 0 radical (unpaired) electrons. The number of benzene rings is 1. The van der Waals surface area contributed by atoms with Gasteiger partial charge in [0, 0.05) is 17.5 Å². The second-order valence-corrected chi connectivity index (χ2v) is 3.76. The summed E-state index contributed by atoms with van der Waals surface area (Å²) in [5.41, 5.74) is 0.855. The van der Waals surface area contributed by atoms with Gasteiger partial charge in [-0.2, -0.15) is 13.2 Å². The van der Waals surface area contributed by atoms with Crippen LogP contribution >= 0.6 is 0 Å². The highest BCUT2D eigenvalue weighted by atomic mass is 19.4. The zero-order chi connectivity index (χ0) is 12.5. The summed E-state index contributed by atoms with van der Waals surface area (Å²) >= 11 is 0. The van der Waals surface area contributed by atoms with E-state index in [1.54, 1.807) is 18.2 Å². The summed E-state index contributed by atoms with van der Waals surface area (Å²) in [6.45, 7) is 0. The SMILES string of the molecule is O[C@@H](Cc1ccc2ccccc2n1)C(F)(F)F. The summed E-state index contributed by atoms with van der Waals surface area (Å²) in [6.07, 6.45) is -7.49. The van der Waals surface area contributed by atoms with Crippen molar-refractivity contribution in [2.75, 3.05) is 0 Å². The molecule has 1 heterocycles. The number of aliphatic hydroxyl groups is 1. The molecule has 1 aromatic heterocycles. The van der Waals surface area contributed by atoms with Gasteiger partial charge < -0.3 is 5.11 Å². The highest BCUT2D eigenvalue weighted by Crippen LogP contribution is 2.23. The van der Waals surface area contributed by atoms with Crippen LogP contribution in [0.4, 0.5) is 13.2 Å². The largest absolute Gasteiger partial charge is 0.414 e. The van der Waals surface area contributed by atoms with Crippen molar-refractivity contribution in [3.05, 3.63) is 42.1 Å². The molecule has 0 saturated heterocycles. The number of para-hydroxylation sites is 1. The minimum absolute atomic E-state index is 0.230. The van der Waals surface area contributed by atoms with E-state index in [1.165, 1.54) is 6.07 Å². The van der Waals surface area contributed by atoms with Crippen molar-refractivity contribution in [1.82, 2.24) is 4.98 Å². The lowest BCUT2D eigenvalue weighted by Gasteiger charge is -2.13. The van der Waals surface area contributed by atoms with Crippen LogP contribution in [0.3, 0.4) is 0 Å². The molecule has 0 aliphatic carbocycles. The predicted molar refractivity (Wildman–Crippen MR) is 57.5 cm³/mol. The van der Waals surface area contributed by atoms with E-state index in [4.69, 9.17) is 5.11 Å². The van der Waals surface area contributed by atoms with Crippen LogP contribution in [0.2, 0.25) is 0 Å². The summed E-state index contributed by atoms with van der Waals surface area (Å²) in [7, 11) is 0. The average Bonchev–Trinajstić information content (AvgIpc) is 2.27. The van der Waals surface area contributed by atoms with Gasteiger partial charge in [-0.05, 0) is 12.1 Å². The van der Waals surface area contributed by atoms with E-state index in [9.17, 15) is 13.2 Å². The molecule has 0 aliphatic rings. The van der Waals surface area contributed by atoms with Crippen LogP contribution in [0.1, 0.15) is 5.69 Å². The number of aromatic nitrogens is 1. The molecule has 2 aromatic rings. The Hall–Kier alpha value is -1.62. The van der Waals surface area contributed by atoms with Crippen molar-refractivity contribution in [2.45, 2.75) is 18.7 Å². The molecule has 2 nitrogen and oxygen atoms in total. The van der Waals surface area contributed by atoms with Gasteiger partial charge in [-0.3, -0.25) is 4.98 Å². The number of rotatable bonds is 2. The first kappa shape index (κ1) is 11.9. The number of hydrogen-bond donors (Lipinski definition) is 1. The van der Waals surface area contributed by atoms with Crippen LogP contribution in [-0.4, -0.2) is 22.4 Å². The van der Waals surface area contributed by atoms with Crippen molar-refractivity contribution < 1.29 is 18.3 Å². The van der Waals surface area contributed by atoms with Crippen molar-refractivity contribution in [2.24, 2.45) is 0 Å². The van der Waals surface area contributed by atoms with E-state index in [0.717, 1.165) is 5.39 Å². The molecule has 17 heavy (non-hydrogen) atoms. The molecule has 2 rings (SSSR count). The van der Waals surface area contributed by atoms with E-state index in [2.05, 4.69) is 4.98 Å². The Morgan fingerprint density at radius 3 is 2.53 bits per heavy atom. The van der Waals surface area contributed by atoms with Gasteiger partial charge in [-0.25, -0.2) is 0 Å². The van der Waals surface area contributed by atoms with E-state index in [0.29, 0.717) is 5.52 Å². The van der Waals surface area contributed by atoms with E-state index >= 15 is 0 Å². The number of halogens is 3. The fourth-order valence-electron chi connectivity index (χ4n) is 1.54. The Balaban J connectivity index is 2.25. The first-order chi connectivity index (χ1) is 7.97. The van der Waals surface area contributed by atoms with Crippen molar-refractivity contribution in [3.63, 3.8) is 0 Å². The monoisotopic (exact) mass is 241 g/mol. The highest BCUT2D eigenvalue weighted by molar-refractivity contribution is 5.78. The number of alkyl halides is 3. The molecule has 0 saturated carbocycles. The summed E-state index contributed by atoms with van der Waals surface area (Å²) in [6, 6.07) is 10.3. The van der Waals surface area contributed by atoms with Gasteiger partial charge in [0.15, 0.2) is 6.10 Å². The summed E-state index contributed by atoms with van der Waals surface area (Å²) in [5, 5.41) is 9.81. The third-order valence-corrected chi connectivity index (χ3v) is 2.44. The summed E-state index contributed by atoms with van der Waals surface area (Å²) < 4.78 is 36.5. The van der Waals surface area contributed by atoms with Gasteiger partial charge in [-0.15, -0.1) is 0 Å². The number of pyridine rings is 1. The summed E-state index contributed by atoms with van der Waals surface area (Å²) in [5.74, 6) is 0. The lowest BCUT2D eigenvalue weighted by atomic mass is 10.1. The van der Waals surface area contributed by atoms with Crippen LogP contribution in [0.25, 0.3) is 10.9 Å². The quantitative estimate of drug-likeness (QED) is 0.876. The molecule has 1 aromatic carbocycles. The molecule has 0 fully saturated rings. The molecule has 0 bridgehead atoms. The Kier molecular flexibility index (Phi) is 3.02. The molecule has 5 heteroatoms. The maximum absolute atomic E-state index is 12.2. The highest BCUT2D eigenvalue weighted by Gasteiger charge is 2.38. The Morgan fingerprint density at radius 2 is 1.82 bits per heavy atom. The lowest BCUT2D eigenvalue weighted by Crippen LogP contribution is -2.30. The first-order valence-corrected chi connectivity index (χ1v) is 5.06. The second kappa shape index (κ2) is 4.33. The van der Waals surface area contributed by atoms with Crippen molar-refractivity contribution in [3.8, 4) is 0 Å². The fraction of sp³-hybridized carbons (Fsp3) is 0.250. The molecular formula is C12H10F3NO. The molecule has 0 aliphatic heterocycles. The number of nitrogens with zero attached hydrogens (tertiary/aromatic N) is 1. The van der Waals surface area contributed by atoms with Gasteiger partial charge in [0.1, 0.15) is 0 Å². The number of aliphatic hydroxyl groups excluding tert-OH is 1. The van der Waals surface area contributed by atoms with Crippen molar-refractivity contribution in [1.29, 1.82) is 0 Å². The van der Waals surface area contributed by atoms with Crippen LogP contribution in [0.5, 0.6) is 0 Å². The minimum Gasteiger partial charge on any atom is -0.383 e. The van der Waals surface area contributed by atoms with Gasteiger partial charge in [0.25, 0.3) is 0 Å². The molecule has 0 amide bonds. The Labute approximate surface area is 95.7 Å². The van der Waals surface area contributed by atoms with Crippen molar-refractivity contribution >= 4 is 10.9 Å². The third-order valence-electron chi connectivity index (χ3n) is 2.44. The van der Waals surface area contributed by atoms with E-state index in [-0.39, 0.29) is 5.69 Å². The van der Waals surface area contributed by atoms with Crippen LogP contribution in [0.15, 0.2) is 36.4 Å². The van der Waals surface area contributed by atoms with E-state index < -0.39 is 18.7 Å². The zero-order valence-electron chi connectivity index (χ0n) is 8.78. The lowest BCUT2D eigenvalue weighted by molar-refractivity contribution is -0.203. The Morgan fingerprint density at radius 1 is 1.12 bits per heavy atom. The maximum atomic E-state index is 12.2. The zero-order valence-corrected chi connectivity index (χ0v) is 8.78. The predicted octanol–water partition coefficient (Wildman–Crippen LogP) is 2.70. The fourth-order valence-corrected chi connectivity index (χ4v) is 1.54. The van der Waals surface area contributed by atoms with E-state index in [1.807, 2.05) is 12.1 Å². The average molecular weight is 241 g/mol. The van der Waals surface area contributed by atoms with Gasteiger partial charge in [0.2, 0.25) is 0 Å². The topological polar surface area (TPSA) is 33.1 Å². The normalized spacial score (nSPS) is 13.9. The number of hydrogen-bond acceptors (Lipinski definition) is 2. The Bertz CT molecular complexity index is 524. The molecule has 0 unspecified atom stereocenters. The molecule has 90 valence electrons. The maximum Gasteiger partial charge on any atom is 0.414 e. The molecule has 0 spiro atoms. The molecule has 1 N–H and O–H groups in total. The number of fused-ring (bicyclic) bond motifs is 1. The molecule has 1 atom stereocenters. The van der Waals surface area contributed by atoms with Crippen LogP contribution in [0, 0.1) is 0 Å². The van der Waals surface area contributed by atoms with Gasteiger partial charge in [0.05, 0.1) is 5.52 Å². The second-order valence-electron chi connectivity index (χ2n) is 3.76. The summed E-state index contributed by atoms with van der Waals surface area (Å²) in [4.78, 5) is 4.07.